The number of halogens is 1. The Labute approximate surface area is 177 Å². The Bertz CT molecular complexity index is 453. The van der Waals surface area contributed by atoms with Crippen LogP contribution in [0.1, 0.15) is 65.7 Å². The number of likely N-dealkylation sites (tertiary alicyclic amines) is 1. The second kappa shape index (κ2) is 11.3. The Kier molecular flexibility index (Phi) is 10.3. The van der Waals surface area contributed by atoms with Crippen LogP contribution in [0.15, 0.2) is 4.99 Å². The molecule has 1 aliphatic carbocycles. The van der Waals surface area contributed by atoms with Gasteiger partial charge in [0.15, 0.2) is 5.96 Å². The largest absolute Gasteiger partial charge is 0.359 e. The monoisotopic (exact) mass is 478 g/mol. The molecule has 0 atom stereocenters. The van der Waals surface area contributed by atoms with Gasteiger partial charge in [-0.15, -0.1) is 24.0 Å². The topological polar surface area (TPSA) is 56.7 Å². The van der Waals surface area contributed by atoms with E-state index in [4.69, 9.17) is 4.99 Å². The summed E-state index contributed by atoms with van der Waals surface area (Å²) < 4.78 is 0. The van der Waals surface area contributed by atoms with Gasteiger partial charge in [-0.2, -0.15) is 0 Å². The van der Waals surface area contributed by atoms with Gasteiger partial charge in [-0.3, -0.25) is 9.79 Å². The van der Waals surface area contributed by atoms with Crippen molar-refractivity contribution in [3.63, 3.8) is 0 Å². The first-order valence-corrected chi connectivity index (χ1v) is 10.2. The van der Waals surface area contributed by atoms with E-state index >= 15 is 0 Å². The van der Waals surface area contributed by atoms with Crippen molar-refractivity contribution in [2.75, 3.05) is 33.2 Å². The molecule has 0 aromatic carbocycles. The number of aliphatic imine (C=N–C) groups is 1. The lowest BCUT2D eigenvalue weighted by Gasteiger charge is -2.35. The van der Waals surface area contributed by atoms with Crippen molar-refractivity contribution in [1.29, 1.82) is 0 Å². The summed E-state index contributed by atoms with van der Waals surface area (Å²) in [5, 5.41) is 6.22. The summed E-state index contributed by atoms with van der Waals surface area (Å²) in [5.74, 6) is 2.55. The zero-order chi connectivity index (χ0) is 18.3. The van der Waals surface area contributed by atoms with Gasteiger partial charge in [-0.1, -0.05) is 26.7 Å². The lowest BCUT2D eigenvalue weighted by molar-refractivity contribution is -0.121. The molecule has 2 aliphatic rings. The van der Waals surface area contributed by atoms with Gasteiger partial charge < -0.3 is 15.5 Å². The summed E-state index contributed by atoms with van der Waals surface area (Å²) in [4.78, 5) is 19.0. The Morgan fingerprint density at radius 2 is 1.77 bits per heavy atom. The number of nitrogens with zero attached hydrogens (tertiary/aromatic N) is 2. The van der Waals surface area contributed by atoms with Crippen molar-refractivity contribution in [3.8, 4) is 0 Å². The van der Waals surface area contributed by atoms with Gasteiger partial charge in [-0.25, -0.2) is 0 Å². The third kappa shape index (κ3) is 6.89. The van der Waals surface area contributed by atoms with Crippen molar-refractivity contribution < 1.29 is 4.79 Å². The molecule has 2 rings (SSSR count). The van der Waals surface area contributed by atoms with Gasteiger partial charge in [0.25, 0.3) is 0 Å². The normalized spacial score (nSPS) is 20.0. The zero-order valence-electron chi connectivity index (χ0n) is 17.1. The van der Waals surface area contributed by atoms with E-state index < -0.39 is 0 Å². The van der Waals surface area contributed by atoms with E-state index in [0.29, 0.717) is 12.3 Å². The van der Waals surface area contributed by atoms with Crippen LogP contribution in [0.4, 0.5) is 0 Å². The molecule has 152 valence electrons. The van der Waals surface area contributed by atoms with Crippen LogP contribution in [0.25, 0.3) is 0 Å². The van der Waals surface area contributed by atoms with Gasteiger partial charge in [-0.05, 0) is 49.9 Å². The smallest absolute Gasteiger partial charge is 0.220 e. The first kappa shape index (κ1) is 23.5. The molecular weight excluding hydrogens is 439 g/mol. The fourth-order valence-corrected chi connectivity index (χ4v) is 4.25. The predicted molar refractivity (Wildman–Crippen MR) is 120 cm³/mol. The second-order valence-corrected chi connectivity index (χ2v) is 8.45. The van der Waals surface area contributed by atoms with E-state index in [9.17, 15) is 4.79 Å². The molecule has 0 aromatic heterocycles. The molecule has 0 spiro atoms. The number of hydrogen-bond acceptors (Lipinski definition) is 2. The maximum absolute atomic E-state index is 11.6. The minimum Gasteiger partial charge on any atom is -0.359 e. The zero-order valence-corrected chi connectivity index (χ0v) is 19.5. The summed E-state index contributed by atoms with van der Waals surface area (Å²) in [5.41, 5.74) is 0.286. The Morgan fingerprint density at radius 1 is 1.15 bits per heavy atom. The van der Waals surface area contributed by atoms with Crippen LogP contribution < -0.4 is 10.6 Å². The molecule has 1 saturated heterocycles. The van der Waals surface area contributed by atoms with E-state index in [2.05, 4.69) is 36.3 Å². The number of amides is 1. The van der Waals surface area contributed by atoms with Crippen LogP contribution >= 0.6 is 24.0 Å². The summed E-state index contributed by atoms with van der Waals surface area (Å²) in [6.45, 7) is 10.7. The number of nitrogens with one attached hydrogen (secondary N) is 2. The van der Waals surface area contributed by atoms with Crippen LogP contribution in [0.2, 0.25) is 0 Å². The molecule has 1 saturated carbocycles. The highest BCUT2D eigenvalue weighted by Gasteiger charge is 2.32. The summed E-state index contributed by atoms with van der Waals surface area (Å²) >= 11 is 0. The number of rotatable bonds is 6. The molecular formula is C20H39IN4O. The van der Waals surface area contributed by atoms with Gasteiger partial charge in [0.1, 0.15) is 0 Å². The summed E-state index contributed by atoms with van der Waals surface area (Å²) in [6.07, 6.45) is 8.31. The van der Waals surface area contributed by atoms with E-state index in [1.165, 1.54) is 25.7 Å². The average Bonchev–Trinajstić information content (AvgIpc) is 3.15. The average molecular weight is 478 g/mol. The second-order valence-electron chi connectivity index (χ2n) is 8.45. The first-order chi connectivity index (χ1) is 12.0. The fraction of sp³-hybridized carbons (Fsp3) is 0.900. The molecule has 6 heteroatoms. The standard InChI is InChI=1S/C20H38N4O.HI/c1-5-22-19(23-15-20(2,3)17-8-6-7-9-17)24-12-10-16(11-13-24)14-18(25)21-4;/h16-17H,5-15H2,1-4H3,(H,21,25)(H,22,23);1H. The molecule has 0 bridgehead atoms. The lowest BCUT2D eigenvalue weighted by Crippen LogP contribution is -2.46. The Morgan fingerprint density at radius 3 is 2.31 bits per heavy atom. The van der Waals surface area contributed by atoms with Crippen LogP contribution in [-0.2, 0) is 4.79 Å². The van der Waals surface area contributed by atoms with Crippen molar-refractivity contribution in [2.24, 2.45) is 22.2 Å². The van der Waals surface area contributed by atoms with E-state index in [-0.39, 0.29) is 35.3 Å². The molecule has 0 aromatic rings. The first-order valence-electron chi connectivity index (χ1n) is 10.2. The molecule has 26 heavy (non-hydrogen) atoms. The molecule has 0 radical (unpaired) electrons. The number of hydrogen-bond donors (Lipinski definition) is 2. The highest BCUT2D eigenvalue weighted by molar-refractivity contribution is 14.0. The van der Waals surface area contributed by atoms with E-state index in [0.717, 1.165) is 50.9 Å². The highest BCUT2D eigenvalue weighted by Crippen LogP contribution is 2.39. The van der Waals surface area contributed by atoms with Crippen molar-refractivity contribution >= 4 is 35.8 Å². The summed E-state index contributed by atoms with van der Waals surface area (Å²) in [7, 11) is 1.72. The SMILES string of the molecule is CCNC(=NCC(C)(C)C1CCCC1)N1CCC(CC(=O)NC)CC1.I. The number of guanidine groups is 1. The van der Waals surface area contributed by atoms with Crippen molar-refractivity contribution in [3.05, 3.63) is 0 Å². The maximum atomic E-state index is 11.6. The van der Waals surface area contributed by atoms with Crippen molar-refractivity contribution in [1.82, 2.24) is 15.5 Å². The minimum atomic E-state index is 0. The Hall–Kier alpha value is -0.530. The van der Waals surface area contributed by atoms with Crippen molar-refractivity contribution in [2.45, 2.75) is 65.7 Å². The van der Waals surface area contributed by atoms with E-state index in [1.807, 2.05) is 0 Å². The highest BCUT2D eigenvalue weighted by atomic mass is 127. The quantitative estimate of drug-likeness (QED) is 0.348. The third-order valence-electron chi connectivity index (χ3n) is 6.10. The molecule has 1 heterocycles. The van der Waals surface area contributed by atoms with Gasteiger partial charge in [0.05, 0.1) is 0 Å². The number of carbonyl (C=O) groups is 1. The molecule has 5 nitrogen and oxygen atoms in total. The van der Waals surface area contributed by atoms with Gasteiger partial charge in [0.2, 0.25) is 5.91 Å². The number of piperidine rings is 1. The molecule has 1 amide bonds. The number of carbonyl (C=O) groups excluding carboxylic acids is 1. The molecule has 2 fully saturated rings. The van der Waals surface area contributed by atoms with Gasteiger partial charge >= 0.3 is 0 Å². The maximum Gasteiger partial charge on any atom is 0.220 e. The lowest BCUT2D eigenvalue weighted by atomic mass is 9.78. The Balaban J connectivity index is 0.00000338. The fourth-order valence-electron chi connectivity index (χ4n) is 4.25. The minimum absolute atomic E-state index is 0. The molecule has 1 aliphatic heterocycles. The molecule has 2 N–H and O–H groups in total. The van der Waals surface area contributed by atoms with Crippen LogP contribution in [0, 0.1) is 17.3 Å². The molecule has 0 unspecified atom stereocenters. The van der Waals surface area contributed by atoms with E-state index in [1.54, 1.807) is 7.05 Å². The summed E-state index contributed by atoms with van der Waals surface area (Å²) in [6, 6.07) is 0. The predicted octanol–water partition coefficient (Wildman–Crippen LogP) is 3.63. The van der Waals surface area contributed by atoms with Crippen LogP contribution in [0.3, 0.4) is 0 Å². The van der Waals surface area contributed by atoms with Crippen LogP contribution in [0.5, 0.6) is 0 Å². The van der Waals surface area contributed by atoms with Crippen LogP contribution in [-0.4, -0.2) is 50.0 Å². The third-order valence-corrected chi connectivity index (χ3v) is 6.10. The van der Waals surface area contributed by atoms with Gasteiger partial charge in [0, 0.05) is 39.6 Å².